The normalized spacial score (nSPS) is 12.1. The molecule has 2 heterocycles. The minimum atomic E-state index is -3.69. The van der Waals surface area contributed by atoms with Crippen LogP contribution in [0.3, 0.4) is 0 Å². The number of rotatable bonds is 8. The Labute approximate surface area is 199 Å². The van der Waals surface area contributed by atoms with Crippen LogP contribution >= 0.6 is 0 Å². The monoisotopic (exact) mass is 482 g/mol. The van der Waals surface area contributed by atoms with Crippen LogP contribution in [0, 0.1) is 6.92 Å². The van der Waals surface area contributed by atoms with Crippen molar-refractivity contribution in [3.63, 3.8) is 0 Å². The van der Waals surface area contributed by atoms with Crippen molar-refractivity contribution in [3.05, 3.63) is 75.8 Å². The zero-order valence-corrected chi connectivity index (χ0v) is 20.9. The summed E-state index contributed by atoms with van der Waals surface area (Å²) >= 11 is 0. The second-order valence-electron chi connectivity index (χ2n) is 8.66. The van der Waals surface area contributed by atoms with E-state index >= 15 is 0 Å². The summed E-state index contributed by atoms with van der Waals surface area (Å²) in [6.45, 7) is 6.15. The average Bonchev–Trinajstić information content (AvgIpc) is 3.30. The molecule has 9 heteroatoms. The van der Waals surface area contributed by atoms with Gasteiger partial charge in [-0.2, -0.15) is 0 Å². The number of aromatic amines is 1. The molecule has 180 valence electrons. The van der Waals surface area contributed by atoms with Crippen molar-refractivity contribution in [2.75, 3.05) is 13.7 Å². The van der Waals surface area contributed by atoms with E-state index in [1.54, 1.807) is 28.6 Å². The van der Waals surface area contributed by atoms with Gasteiger partial charge < -0.3 is 9.72 Å². The van der Waals surface area contributed by atoms with Crippen molar-refractivity contribution < 1.29 is 13.2 Å². The van der Waals surface area contributed by atoms with Gasteiger partial charge >= 0.3 is 0 Å². The quantitative estimate of drug-likeness (QED) is 0.401. The zero-order chi connectivity index (χ0) is 24.6. The first kappa shape index (κ1) is 23.8. The lowest BCUT2D eigenvalue weighted by atomic mass is 10.0. The summed E-state index contributed by atoms with van der Waals surface area (Å²) in [5.74, 6) is 0.851. The highest BCUT2D eigenvalue weighted by Crippen LogP contribution is 2.24. The minimum absolute atomic E-state index is 0.0842. The first-order valence-corrected chi connectivity index (χ1v) is 12.6. The fourth-order valence-corrected chi connectivity index (χ4v) is 5.38. The summed E-state index contributed by atoms with van der Waals surface area (Å²) in [6, 6.07) is 12.1. The van der Waals surface area contributed by atoms with Crippen molar-refractivity contribution in [2.24, 2.45) is 7.05 Å². The van der Waals surface area contributed by atoms with Gasteiger partial charge in [0.1, 0.15) is 5.75 Å². The molecule has 0 amide bonds. The third-order valence-electron chi connectivity index (χ3n) is 6.23. The van der Waals surface area contributed by atoms with E-state index in [0.29, 0.717) is 12.1 Å². The van der Waals surface area contributed by atoms with Crippen molar-refractivity contribution in [1.29, 1.82) is 0 Å². The maximum atomic E-state index is 12.9. The number of methoxy groups -OCH3 is 1. The summed E-state index contributed by atoms with van der Waals surface area (Å²) in [7, 11) is -0.249. The second kappa shape index (κ2) is 9.15. The molecular formula is C25H30N4O4S. The van der Waals surface area contributed by atoms with E-state index in [-0.39, 0.29) is 22.9 Å². The van der Waals surface area contributed by atoms with Gasteiger partial charge in [0.05, 0.1) is 17.7 Å². The molecule has 0 radical (unpaired) electrons. The van der Waals surface area contributed by atoms with Crippen molar-refractivity contribution >= 4 is 20.9 Å². The van der Waals surface area contributed by atoms with Crippen LogP contribution in [0.25, 0.3) is 16.6 Å². The van der Waals surface area contributed by atoms with Crippen LogP contribution in [0.15, 0.2) is 58.4 Å². The number of ether oxygens (including phenoxy) is 1. The zero-order valence-electron chi connectivity index (χ0n) is 20.0. The Kier molecular flexibility index (Phi) is 6.42. The summed E-state index contributed by atoms with van der Waals surface area (Å²) in [6.07, 6.45) is 2.42. The van der Waals surface area contributed by atoms with Gasteiger partial charge in [-0.15, -0.1) is 0 Å². The van der Waals surface area contributed by atoms with Crippen LogP contribution in [0.1, 0.15) is 36.6 Å². The number of nitrogens with one attached hydrogen (secondary N) is 2. The van der Waals surface area contributed by atoms with Crippen molar-refractivity contribution in [2.45, 2.75) is 38.0 Å². The van der Waals surface area contributed by atoms with E-state index in [9.17, 15) is 13.2 Å². The van der Waals surface area contributed by atoms with Gasteiger partial charge in [0.15, 0.2) is 0 Å². The summed E-state index contributed by atoms with van der Waals surface area (Å²) in [4.78, 5) is 16.3. The summed E-state index contributed by atoms with van der Waals surface area (Å²) in [5.41, 5.74) is 4.17. The molecule has 8 nitrogen and oxygen atoms in total. The van der Waals surface area contributed by atoms with E-state index in [0.717, 1.165) is 33.5 Å². The van der Waals surface area contributed by atoms with Gasteiger partial charge in [-0.1, -0.05) is 13.8 Å². The molecule has 0 aliphatic heterocycles. The predicted molar refractivity (Wildman–Crippen MR) is 134 cm³/mol. The minimum Gasteiger partial charge on any atom is -0.497 e. The van der Waals surface area contributed by atoms with Crippen LogP contribution < -0.4 is 15.0 Å². The molecule has 0 unspecified atom stereocenters. The molecule has 4 aromatic rings. The molecule has 0 aliphatic rings. The Hall–Kier alpha value is -3.30. The van der Waals surface area contributed by atoms with Gasteiger partial charge in [-0.25, -0.2) is 17.8 Å². The first-order chi connectivity index (χ1) is 16.1. The number of hydrogen-bond acceptors (Lipinski definition) is 4. The van der Waals surface area contributed by atoms with E-state index in [1.165, 1.54) is 12.1 Å². The standard InChI is InChI=1S/C25H30N4O4S/c1-16(2)24-17(3)28(4)29(25(24)30)19-6-9-21(10-7-19)34(31,32)27-13-12-18-15-26-23-11-8-20(33-5)14-22(18)23/h6-11,14-16,26-27H,12-13H2,1-5H3. The van der Waals surface area contributed by atoms with Crippen LogP contribution in [-0.2, 0) is 23.5 Å². The molecule has 0 aliphatic carbocycles. The number of hydrogen-bond donors (Lipinski definition) is 2. The van der Waals surface area contributed by atoms with Crippen LogP contribution in [0.5, 0.6) is 5.75 Å². The topological polar surface area (TPSA) is 98.1 Å². The molecule has 0 atom stereocenters. The number of benzene rings is 2. The highest BCUT2D eigenvalue weighted by atomic mass is 32.2. The second-order valence-corrected chi connectivity index (χ2v) is 10.4. The molecule has 4 rings (SSSR count). The van der Waals surface area contributed by atoms with E-state index < -0.39 is 10.0 Å². The summed E-state index contributed by atoms with van der Waals surface area (Å²) in [5, 5.41) is 1.01. The third-order valence-corrected chi connectivity index (χ3v) is 7.70. The Balaban J connectivity index is 1.50. The SMILES string of the molecule is COc1ccc2[nH]cc(CCNS(=O)(=O)c3ccc(-n4c(=O)c(C(C)C)c(C)n4C)cc3)c2c1. The number of nitrogens with zero attached hydrogens (tertiary/aromatic N) is 2. The molecule has 0 saturated carbocycles. The van der Waals surface area contributed by atoms with Gasteiger partial charge in [0.2, 0.25) is 10.0 Å². The molecule has 34 heavy (non-hydrogen) atoms. The number of sulfonamides is 1. The molecular weight excluding hydrogens is 452 g/mol. The smallest absolute Gasteiger partial charge is 0.275 e. The Morgan fingerprint density at radius 3 is 2.44 bits per heavy atom. The highest BCUT2D eigenvalue weighted by molar-refractivity contribution is 7.89. The fraction of sp³-hybridized carbons (Fsp3) is 0.320. The number of H-pyrrole nitrogens is 1. The number of fused-ring (bicyclic) bond motifs is 1. The van der Waals surface area contributed by atoms with Crippen LogP contribution in [0.4, 0.5) is 0 Å². The van der Waals surface area contributed by atoms with Gasteiger partial charge in [0, 0.05) is 41.9 Å². The number of aromatic nitrogens is 3. The lowest BCUT2D eigenvalue weighted by molar-refractivity contribution is 0.415. The molecule has 0 saturated heterocycles. The molecule has 2 aromatic carbocycles. The summed E-state index contributed by atoms with van der Waals surface area (Å²) < 4.78 is 37.0. The van der Waals surface area contributed by atoms with Crippen LogP contribution in [-0.4, -0.2) is 36.4 Å². The average molecular weight is 483 g/mol. The lowest BCUT2D eigenvalue weighted by Gasteiger charge is -2.10. The maximum absolute atomic E-state index is 12.9. The molecule has 2 N–H and O–H groups in total. The Morgan fingerprint density at radius 1 is 1.12 bits per heavy atom. The van der Waals surface area contributed by atoms with Crippen molar-refractivity contribution in [3.8, 4) is 11.4 Å². The highest BCUT2D eigenvalue weighted by Gasteiger charge is 2.19. The largest absolute Gasteiger partial charge is 0.497 e. The fourth-order valence-electron chi connectivity index (χ4n) is 4.35. The Morgan fingerprint density at radius 2 is 1.82 bits per heavy atom. The Bertz CT molecular complexity index is 1490. The van der Waals surface area contributed by atoms with E-state index in [2.05, 4.69) is 9.71 Å². The molecule has 0 bridgehead atoms. The van der Waals surface area contributed by atoms with Gasteiger partial charge in [-0.3, -0.25) is 9.48 Å². The van der Waals surface area contributed by atoms with Gasteiger partial charge in [-0.05, 0) is 67.3 Å². The van der Waals surface area contributed by atoms with Crippen LogP contribution in [0.2, 0.25) is 0 Å². The van der Waals surface area contributed by atoms with E-state index in [1.807, 2.05) is 52.2 Å². The first-order valence-electron chi connectivity index (χ1n) is 11.2. The van der Waals surface area contributed by atoms with E-state index in [4.69, 9.17) is 4.74 Å². The molecule has 0 spiro atoms. The molecule has 0 fully saturated rings. The van der Waals surface area contributed by atoms with Crippen molar-refractivity contribution in [1.82, 2.24) is 19.1 Å². The maximum Gasteiger partial charge on any atom is 0.275 e. The third kappa shape index (κ3) is 4.28. The van der Waals surface area contributed by atoms with Gasteiger partial charge in [0.25, 0.3) is 5.56 Å². The molecule has 2 aromatic heterocycles. The predicted octanol–water partition coefficient (Wildman–Crippen LogP) is 3.62. The lowest BCUT2D eigenvalue weighted by Crippen LogP contribution is -2.26.